The second-order valence-electron chi connectivity index (χ2n) is 4.58. The van der Waals surface area contributed by atoms with E-state index in [2.05, 4.69) is 4.90 Å². The smallest absolute Gasteiger partial charge is 0.177 e. The lowest BCUT2D eigenvalue weighted by Crippen LogP contribution is -2.36. The lowest BCUT2D eigenvalue weighted by atomic mass is 9.98. The maximum Gasteiger partial charge on any atom is 0.177 e. The minimum absolute atomic E-state index is 0.246. The average Bonchev–Trinajstić information content (AvgIpc) is 3.12. The van der Waals surface area contributed by atoms with Crippen molar-refractivity contribution in [3.8, 4) is 5.75 Å². The maximum atomic E-state index is 11.9. The summed E-state index contributed by atoms with van der Waals surface area (Å²) in [5.41, 5.74) is 1.99. The van der Waals surface area contributed by atoms with Gasteiger partial charge in [0.25, 0.3) is 0 Å². The van der Waals surface area contributed by atoms with E-state index in [1.165, 1.54) is 12.8 Å². The third-order valence-corrected chi connectivity index (χ3v) is 3.40. The second kappa shape index (κ2) is 3.59. The van der Waals surface area contributed by atoms with Gasteiger partial charge in [-0.05, 0) is 36.6 Å². The van der Waals surface area contributed by atoms with Crippen LogP contribution in [0.5, 0.6) is 5.75 Å². The van der Waals surface area contributed by atoms with Crippen LogP contribution in [0, 0.1) is 0 Å². The molecule has 1 fully saturated rings. The highest BCUT2D eigenvalue weighted by Gasteiger charge is 2.34. The summed E-state index contributed by atoms with van der Waals surface area (Å²) in [6.45, 7) is 1.48. The van der Waals surface area contributed by atoms with E-state index in [-0.39, 0.29) is 5.78 Å². The molecule has 1 aromatic rings. The summed E-state index contributed by atoms with van der Waals surface area (Å²) in [5.74, 6) is 1.08. The largest absolute Gasteiger partial charge is 0.497 e. The topological polar surface area (TPSA) is 29.5 Å². The van der Waals surface area contributed by atoms with Crippen molar-refractivity contribution in [1.82, 2.24) is 4.90 Å². The molecule has 0 aromatic heterocycles. The molecular formula is C13H15NO2. The predicted molar refractivity (Wildman–Crippen MR) is 60.8 cm³/mol. The van der Waals surface area contributed by atoms with Gasteiger partial charge in [-0.15, -0.1) is 0 Å². The number of ketones is 1. The van der Waals surface area contributed by atoms with Crippen molar-refractivity contribution in [2.24, 2.45) is 0 Å². The number of Topliss-reactive ketones (excluding diaryl/α,β-unsaturated/α-hetero) is 1. The van der Waals surface area contributed by atoms with Gasteiger partial charge in [-0.2, -0.15) is 0 Å². The van der Waals surface area contributed by atoms with Gasteiger partial charge >= 0.3 is 0 Å². The third-order valence-electron chi connectivity index (χ3n) is 3.40. The number of rotatable bonds is 2. The molecule has 3 rings (SSSR count). The molecule has 3 heteroatoms. The predicted octanol–water partition coefficient (Wildman–Crippen LogP) is 1.86. The molecule has 0 radical (unpaired) electrons. The lowest BCUT2D eigenvalue weighted by Gasteiger charge is -2.27. The Morgan fingerprint density at radius 2 is 2.12 bits per heavy atom. The van der Waals surface area contributed by atoms with Crippen molar-refractivity contribution in [2.45, 2.75) is 25.4 Å². The number of nitrogens with zero attached hydrogens (tertiary/aromatic N) is 1. The Labute approximate surface area is 95.0 Å². The van der Waals surface area contributed by atoms with Crippen LogP contribution in [0.15, 0.2) is 18.2 Å². The SMILES string of the molecule is COc1ccc2c(c1)CN(C1CC1)CC2=O. The van der Waals surface area contributed by atoms with Crippen LogP contribution in [-0.2, 0) is 6.54 Å². The van der Waals surface area contributed by atoms with Crippen LogP contribution in [0.25, 0.3) is 0 Å². The molecule has 84 valence electrons. The Morgan fingerprint density at radius 3 is 2.81 bits per heavy atom. The van der Waals surface area contributed by atoms with Gasteiger partial charge in [0.2, 0.25) is 0 Å². The Hall–Kier alpha value is -1.35. The molecule has 0 amide bonds. The molecule has 1 aliphatic heterocycles. The van der Waals surface area contributed by atoms with E-state index in [9.17, 15) is 4.79 Å². The molecule has 1 heterocycles. The number of fused-ring (bicyclic) bond motifs is 1. The zero-order valence-corrected chi connectivity index (χ0v) is 9.40. The standard InChI is InChI=1S/C13H15NO2/c1-16-11-4-5-12-9(6-11)7-14(8-13(12)15)10-2-3-10/h4-6,10H,2-3,7-8H2,1H3. The lowest BCUT2D eigenvalue weighted by molar-refractivity contribution is 0.0893. The monoisotopic (exact) mass is 217 g/mol. The highest BCUT2D eigenvalue weighted by atomic mass is 16.5. The molecule has 1 aromatic carbocycles. The number of benzene rings is 1. The van der Waals surface area contributed by atoms with Crippen LogP contribution in [-0.4, -0.2) is 30.4 Å². The van der Waals surface area contributed by atoms with Gasteiger partial charge in [-0.3, -0.25) is 9.69 Å². The minimum atomic E-state index is 0.246. The van der Waals surface area contributed by atoms with Crippen LogP contribution >= 0.6 is 0 Å². The summed E-state index contributed by atoms with van der Waals surface area (Å²) in [4.78, 5) is 14.2. The number of hydrogen-bond donors (Lipinski definition) is 0. The molecule has 3 nitrogen and oxygen atoms in total. The van der Waals surface area contributed by atoms with Gasteiger partial charge in [0.15, 0.2) is 5.78 Å². The number of carbonyl (C=O) groups excluding carboxylic acids is 1. The molecule has 0 atom stereocenters. The van der Waals surface area contributed by atoms with E-state index >= 15 is 0 Å². The molecule has 1 saturated carbocycles. The summed E-state index contributed by atoms with van der Waals surface area (Å²) in [6.07, 6.45) is 2.49. The van der Waals surface area contributed by atoms with Crippen molar-refractivity contribution in [3.63, 3.8) is 0 Å². The van der Waals surface area contributed by atoms with E-state index in [1.807, 2.05) is 18.2 Å². The quantitative estimate of drug-likeness (QED) is 0.757. The fourth-order valence-corrected chi connectivity index (χ4v) is 2.34. The van der Waals surface area contributed by atoms with E-state index < -0.39 is 0 Å². The number of methoxy groups -OCH3 is 1. The van der Waals surface area contributed by atoms with Gasteiger partial charge in [0.1, 0.15) is 5.75 Å². The molecule has 0 saturated heterocycles. The zero-order chi connectivity index (χ0) is 11.1. The molecular weight excluding hydrogens is 202 g/mol. The van der Waals surface area contributed by atoms with Gasteiger partial charge in [-0.25, -0.2) is 0 Å². The molecule has 2 aliphatic rings. The van der Waals surface area contributed by atoms with E-state index in [1.54, 1.807) is 7.11 Å². The van der Waals surface area contributed by atoms with Crippen LogP contribution < -0.4 is 4.74 Å². The summed E-state index contributed by atoms with van der Waals surface area (Å²) in [6, 6.07) is 6.38. The molecule has 0 spiro atoms. The van der Waals surface area contributed by atoms with Gasteiger partial charge in [0.05, 0.1) is 13.7 Å². The van der Waals surface area contributed by atoms with Gasteiger partial charge < -0.3 is 4.74 Å². The maximum absolute atomic E-state index is 11.9. The first-order valence-electron chi connectivity index (χ1n) is 5.72. The van der Waals surface area contributed by atoms with E-state index in [0.717, 1.165) is 23.4 Å². The summed E-state index contributed by atoms with van der Waals surface area (Å²) in [7, 11) is 1.66. The Balaban J connectivity index is 1.94. The van der Waals surface area contributed by atoms with Crippen molar-refractivity contribution < 1.29 is 9.53 Å². The molecule has 0 bridgehead atoms. The second-order valence-corrected chi connectivity index (χ2v) is 4.58. The fourth-order valence-electron chi connectivity index (χ4n) is 2.34. The van der Waals surface area contributed by atoms with Crippen LogP contribution in [0.4, 0.5) is 0 Å². The number of ether oxygens (including phenoxy) is 1. The van der Waals surface area contributed by atoms with Gasteiger partial charge in [0, 0.05) is 18.2 Å². The fraction of sp³-hybridized carbons (Fsp3) is 0.462. The van der Waals surface area contributed by atoms with Crippen LogP contribution in [0.2, 0.25) is 0 Å². The number of carbonyl (C=O) groups is 1. The Morgan fingerprint density at radius 1 is 1.31 bits per heavy atom. The first-order chi connectivity index (χ1) is 7.78. The highest BCUT2D eigenvalue weighted by molar-refractivity contribution is 6.00. The normalized spacial score (nSPS) is 20.7. The summed E-state index contributed by atoms with van der Waals surface area (Å²) >= 11 is 0. The molecule has 16 heavy (non-hydrogen) atoms. The summed E-state index contributed by atoms with van der Waals surface area (Å²) < 4.78 is 5.20. The minimum Gasteiger partial charge on any atom is -0.497 e. The Bertz CT molecular complexity index is 438. The first kappa shape index (κ1) is 9.85. The zero-order valence-electron chi connectivity index (χ0n) is 9.40. The van der Waals surface area contributed by atoms with Crippen molar-refractivity contribution >= 4 is 5.78 Å². The first-order valence-corrected chi connectivity index (χ1v) is 5.72. The molecule has 0 unspecified atom stereocenters. The highest BCUT2D eigenvalue weighted by Crippen LogP contribution is 2.32. The van der Waals surface area contributed by atoms with Crippen molar-refractivity contribution in [3.05, 3.63) is 29.3 Å². The number of hydrogen-bond acceptors (Lipinski definition) is 3. The third kappa shape index (κ3) is 1.61. The van der Waals surface area contributed by atoms with E-state index in [0.29, 0.717) is 12.6 Å². The molecule has 0 N–H and O–H groups in total. The van der Waals surface area contributed by atoms with Crippen LogP contribution in [0.1, 0.15) is 28.8 Å². The molecule has 1 aliphatic carbocycles. The van der Waals surface area contributed by atoms with Crippen molar-refractivity contribution in [1.29, 1.82) is 0 Å². The average molecular weight is 217 g/mol. The van der Waals surface area contributed by atoms with Crippen LogP contribution in [0.3, 0.4) is 0 Å². The van der Waals surface area contributed by atoms with Gasteiger partial charge in [-0.1, -0.05) is 0 Å². The summed E-state index contributed by atoms with van der Waals surface area (Å²) in [5, 5.41) is 0. The Kier molecular flexibility index (Phi) is 2.21. The van der Waals surface area contributed by atoms with Crippen molar-refractivity contribution in [2.75, 3.05) is 13.7 Å². The van der Waals surface area contributed by atoms with E-state index in [4.69, 9.17) is 4.74 Å².